The Morgan fingerprint density at radius 2 is 2.05 bits per heavy atom. The number of carbonyl (C=O) groups excluding carboxylic acids is 1. The van der Waals surface area contributed by atoms with E-state index in [1.54, 1.807) is 6.34 Å². The molecular weight excluding hydrogens is 276 g/mol. The van der Waals surface area contributed by atoms with Crippen molar-refractivity contribution in [2.45, 2.75) is 19.8 Å². The average molecular weight is 296 g/mol. The van der Waals surface area contributed by atoms with Crippen LogP contribution in [0.25, 0.3) is 5.70 Å². The quantitative estimate of drug-likeness (QED) is 0.488. The van der Waals surface area contributed by atoms with Gasteiger partial charge >= 0.3 is 0 Å². The van der Waals surface area contributed by atoms with Crippen molar-refractivity contribution in [2.24, 2.45) is 10.9 Å². The highest BCUT2D eigenvalue weighted by Gasteiger charge is 2.31. The number of benzene rings is 1. The first kappa shape index (κ1) is 14.6. The molecule has 0 amide bonds. The van der Waals surface area contributed by atoms with Gasteiger partial charge < -0.3 is 9.64 Å². The zero-order valence-electron chi connectivity index (χ0n) is 13.2. The van der Waals surface area contributed by atoms with Crippen molar-refractivity contribution in [3.63, 3.8) is 0 Å². The minimum Gasteiger partial charge on any atom is -0.456 e. The van der Waals surface area contributed by atoms with Crippen molar-refractivity contribution >= 4 is 18.3 Å². The number of para-hydroxylation sites is 1. The summed E-state index contributed by atoms with van der Waals surface area (Å²) in [6, 6.07) is 7.85. The number of rotatable bonds is 3. The Bertz CT molecular complexity index is 699. The molecule has 1 heterocycles. The second-order valence-electron chi connectivity index (χ2n) is 6.12. The maximum atomic E-state index is 11.4. The molecule has 1 atom stereocenters. The Balaban J connectivity index is 2.23. The molecule has 2 aliphatic rings. The lowest BCUT2D eigenvalue weighted by atomic mass is 9.83. The van der Waals surface area contributed by atoms with Crippen molar-refractivity contribution in [1.29, 1.82) is 0 Å². The number of fused-ring (bicyclic) bond motifs is 2. The molecule has 0 spiro atoms. The van der Waals surface area contributed by atoms with E-state index in [9.17, 15) is 4.79 Å². The smallest absolute Gasteiger partial charge is 0.149 e. The molecule has 0 bridgehead atoms. The Hall–Kier alpha value is -2.36. The number of hydrogen-bond donors (Lipinski definition) is 0. The summed E-state index contributed by atoms with van der Waals surface area (Å²) in [7, 11) is 3.88. The van der Waals surface area contributed by atoms with Crippen molar-refractivity contribution in [2.75, 3.05) is 14.1 Å². The largest absolute Gasteiger partial charge is 0.456 e. The molecule has 114 valence electrons. The normalized spacial score (nSPS) is 20.6. The lowest BCUT2D eigenvalue weighted by Crippen LogP contribution is -2.20. The first-order chi connectivity index (χ1) is 10.6. The fourth-order valence-electron chi connectivity index (χ4n) is 2.95. The molecule has 1 aromatic carbocycles. The molecule has 1 aliphatic carbocycles. The number of aliphatic imine (C=N–C) groups is 1. The van der Waals surface area contributed by atoms with E-state index >= 15 is 0 Å². The molecule has 0 fully saturated rings. The molecule has 3 rings (SSSR count). The van der Waals surface area contributed by atoms with E-state index in [-0.39, 0.29) is 0 Å². The van der Waals surface area contributed by atoms with Crippen molar-refractivity contribution in [3.05, 3.63) is 46.7 Å². The standard InChI is InChI=1S/C18H20N2O2/c1-12-8-13(10-21)18-15(9-12)17(19-11-20(2)3)14-6-4-5-7-16(14)22-18/h4-7,10-12H,8-9H2,1-3H3. The summed E-state index contributed by atoms with van der Waals surface area (Å²) in [4.78, 5) is 18.0. The summed E-state index contributed by atoms with van der Waals surface area (Å²) < 4.78 is 6.03. The van der Waals surface area contributed by atoms with Gasteiger partial charge in [-0.15, -0.1) is 0 Å². The molecule has 22 heavy (non-hydrogen) atoms. The van der Waals surface area contributed by atoms with Gasteiger partial charge in [-0.3, -0.25) is 4.79 Å². The Morgan fingerprint density at radius 3 is 2.77 bits per heavy atom. The molecule has 1 aliphatic heterocycles. The topological polar surface area (TPSA) is 41.9 Å². The summed E-state index contributed by atoms with van der Waals surface area (Å²) in [6.07, 6.45) is 4.35. The maximum Gasteiger partial charge on any atom is 0.149 e. The number of carbonyl (C=O) groups is 1. The van der Waals surface area contributed by atoms with E-state index < -0.39 is 0 Å². The van der Waals surface area contributed by atoms with Crippen LogP contribution in [0.2, 0.25) is 0 Å². The monoisotopic (exact) mass is 296 g/mol. The molecule has 0 radical (unpaired) electrons. The van der Waals surface area contributed by atoms with Gasteiger partial charge in [0.25, 0.3) is 0 Å². The summed E-state index contributed by atoms with van der Waals surface area (Å²) >= 11 is 0. The first-order valence-electron chi connectivity index (χ1n) is 7.50. The van der Waals surface area contributed by atoms with Crippen LogP contribution in [0.1, 0.15) is 25.3 Å². The lowest BCUT2D eigenvalue weighted by Gasteiger charge is -2.30. The van der Waals surface area contributed by atoms with E-state index in [1.807, 2.05) is 43.3 Å². The molecular formula is C18H20N2O2. The predicted octanol–water partition coefficient (Wildman–Crippen LogP) is 3.26. The van der Waals surface area contributed by atoms with E-state index in [1.165, 1.54) is 0 Å². The number of ether oxygens (including phenoxy) is 1. The fraction of sp³-hybridized carbons (Fsp3) is 0.333. The van der Waals surface area contributed by atoms with Gasteiger partial charge in [-0.2, -0.15) is 0 Å². The molecule has 0 saturated heterocycles. The second-order valence-corrected chi connectivity index (χ2v) is 6.12. The number of nitrogens with zero attached hydrogens (tertiary/aromatic N) is 2. The third-order valence-electron chi connectivity index (χ3n) is 3.89. The predicted molar refractivity (Wildman–Crippen MR) is 87.7 cm³/mol. The van der Waals surface area contributed by atoms with Crippen LogP contribution in [0.4, 0.5) is 0 Å². The van der Waals surface area contributed by atoms with Crippen molar-refractivity contribution in [1.82, 2.24) is 4.90 Å². The molecule has 4 nitrogen and oxygen atoms in total. The van der Waals surface area contributed by atoms with E-state index in [4.69, 9.17) is 4.74 Å². The van der Waals surface area contributed by atoms with Crippen LogP contribution < -0.4 is 4.74 Å². The summed E-state index contributed by atoms with van der Waals surface area (Å²) in [6.45, 7) is 2.15. The SMILES string of the molecule is CC1CC(C=O)=C2Oc3ccccc3C(N=CN(C)C)=C2C1. The molecule has 0 N–H and O–H groups in total. The number of aldehydes is 1. The maximum absolute atomic E-state index is 11.4. The summed E-state index contributed by atoms with van der Waals surface area (Å²) in [5, 5.41) is 0. The van der Waals surface area contributed by atoms with Gasteiger partial charge in [0.2, 0.25) is 0 Å². The van der Waals surface area contributed by atoms with E-state index in [0.29, 0.717) is 11.7 Å². The lowest BCUT2D eigenvalue weighted by molar-refractivity contribution is -0.105. The minimum atomic E-state index is 0.414. The summed E-state index contributed by atoms with van der Waals surface area (Å²) in [5.41, 5.74) is 3.67. The van der Waals surface area contributed by atoms with Crippen LogP contribution >= 0.6 is 0 Å². The first-order valence-corrected chi connectivity index (χ1v) is 7.50. The zero-order chi connectivity index (χ0) is 15.7. The number of allylic oxidation sites excluding steroid dienone is 2. The van der Waals surface area contributed by atoms with Gasteiger partial charge in [-0.25, -0.2) is 4.99 Å². The summed E-state index contributed by atoms with van der Waals surface area (Å²) in [5.74, 6) is 1.89. The Morgan fingerprint density at radius 1 is 1.27 bits per heavy atom. The van der Waals surface area contributed by atoms with Crippen LogP contribution in [0.3, 0.4) is 0 Å². The van der Waals surface area contributed by atoms with Gasteiger partial charge in [0.1, 0.15) is 17.8 Å². The third-order valence-corrected chi connectivity index (χ3v) is 3.89. The third kappa shape index (κ3) is 2.56. The van der Waals surface area contributed by atoms with Gasteiger partial charge in [-0.05, 0) is 30.9 Å². The Labute approximate surface area is 130 Å². The highest BCUT2D eigenvalue weighted by molar-refractivity contribution is 5.86. The van der Waals surface area contributed by atoms with Gasteiger partial charge in [-0.1, -0.05) is 19.1 Å². The van der Waals surface area contributed by atoms with Gasteiger partial charge in [0, 0.05) is 30.8 Å². The zero-order valence-corrected chi connectivity index (χ0v) is 13.2. The van der Waals surface area contributed by atoms with E-state index in [2.05, 4.69) is 11.9 Å². The minimum absolute atomic E-state index is 0.414. The highest BCUT2D eigenvalue weighted by Crippen LogP contribution is 2.44. The molecule has 4 heteroatoms. The molecule has 0 saturated carbocycles. The molecule has 1 unspecified atom stereocenters. The fourth-order valence-corrected chi connectivity index (χ4v) is 2.95. The van der Waals surface area contributed by atoms with Crippen LogP contribution in [0.5, 0.6) is 5.75 Å². The van der Waals surface area contributed by atoms with Crippen molar-refractivity contribution in [3.8, 4) is 5.75 Å². The van der Waals surface area contributed by atoms with Crippen LogP contribution in [0.15, 0.2) is 46.2 Å². The Kier molecular flexibility index (Phi) is 3.84. The second kappa shape index (κ2) is 5.79. The molecule has 0 aromatic heterocycles. The number of hydrogen-bond acceptors (Lipinski definition) is 3. The average Bonchev–Trinajstić information content (AvgIpc) is 2.50. The van der Waals surface area contributed by atoms with Gasteiger partial charge in [0.05, 0.1) is 12.0 Å². The van der Waals surface area contributed by atoms with Crippen molar-refractivity contribution < 1.29 is 9.53 Å². The van der Waals surface area contributed by atoms with Crippen LogP contribution in [-0.4, -0.2) is 31.6 Å². The van der Waals surface area contributed by atoms with Crippen LogP contribution in [-0.2, 0) is 4.79 Å². The highest BCUT2D eigenvalue weighted by atomic mass is 16.5. The molecule has 1 aromatic rings. The van der Waals surface area contributed by atoms with E-state index in [0.717, 1.165) is 47.3 Å². The van der Waals surface area contributed by atoms with Gasteiger partial charge in [0.15, 0.2) is 0 Å². The van der Waals surface area contributed by atoms with Crippen LogP contribution in [0, 0.1) is 5.92 Å².